The molecule has 6 rings (SSSR count). The van der Waals surface area contributed by atoms with Crippen LogP contribution in [-0.2, 0) is 4.79 Å². The lowest BCUT2D eigenvalue weighted by Crippen LogP contribution is -2.16. The smallest absolute Gasteiger partial charge is 0.303 e. The number of fused-ring (bicyclic) bond motifs is 1. The Morgan fingerprint density at radius 1 is 1.00 bits per heavy atom. The van der Waals surface area contributed by atoms with Crippen molar-refractivity contribution in [2.45, 2.75) is 38.0 Å². The first-order valence-electron chi connectivity index (χ1n) is 12.4. The molecule has 0 aliphatic heterocycles. The molecule has 3 aromatic heterocycles. The van der Waals surface area contributed by atoms with Crippen molar-refractivity contribution in [2.75, 3.05) is 0 Å². The van der Waals surface area contributed by atoms with Crippen molar-refractivity contribution >= 4 is 17.1 Å². The summed E-state index contributed by atoms with van der Waals surface area (Å²) in [6.07, 6.45) is 7.44. The van der Waals surface area contributed by atoms with Gasteiger partial charge in [-0.1, -0.05) is 35.5 Å². The molecule has 2 aromatic carbocycles. The number of nitrogens with one attached hydrogen (secondary N) is 1. The van der Waals surface area contributed by atoms with Gasteiger partial charge in [0.05, 0.1) is 23.5 Å². The molecule has 1 fully saturated rings. The molecule has 1 aliphatic carbocycles. The van der Waals surface area contributed by atoms with Crippen LogP contribution >= 0.6 is 0 Å². The molecule has 3 heterocycles. The zero-order valence-electron chi connectivity index (χ0n) is 20.0. The molecule has 1 saturated carbocycles. The number of halogens is 1. The number of carboxylic acids is 1. The van der Waals surface area contributed by atoms with E-state index in [0.717, 1.165) is 36.8 Å². The number of aromatic nitrogens is 6. The van der Waals surface area contributed by atoms with Gasteiger partial charge in [-0.25, -0.2) is 19.0 Å². The average molecular weight is 497 g/mol. The van der Waals surface area contributed by atoms with E-state index >= 15 is 4.39 Å². The summed E-state index contributed by atoms with van der Waals surface area (Å²) in [5, 5.41) is 16.8. The first kappa shape index (κ1) is 23.0. The van der Waals surface area contributed by atoms with Crippen LogP contribution in [0.4, 0.5) is 4.39 Å². The summed E-state index contributed by atoms with van der Waals surface area (Å²) in [4.78, 5) is 23.1. The highest BCUT2D eigenvalue weighted by Crippen LogP contribution is 2.38. The number of imidazole rings is 1. The largest absolute Gasteiger partial charge is 0.481 e. The Labute approximate surface area is 212 Å². The molecule has 186 valence electrons. The van der Waals surface area contributed by atoms with Crippen LogP contribution in [-0.4, -0.2) is 41.0 Å². The first-order chi connectivity index (χ1) is 18.0. The van der Waals surface area contributed by atoms with E-state index in [9.17, 15) is 4.79 Å². The van der Waals surface area contributed by atoms with E-state index in [0.29, 0.717) is 34.3 Å². The number of carbonyl (C=O) groups is 1. The predicted octanol–water partition coefficient (Wildman–Crippen LogP) is 5.76. The Balaban J connectivity index is 1.19. The summed E-state index contributed by atoms with van der Waals surface area (Å²) in [5.74, 6) is 0.652. The van der Waals surface area contributed by atoms with Crippen LogP contribution in [0.3, 0.4) is 0 Å². The number of hydrogen-bond acceptors (Lipinski definition) is 5. The van der Waals surface area contributed by atoms with Crippen molar-refractivity contribution in [3.63, 3.8) is 0 Å². The van der Waals surface area contributed by atoms with Gasteiger partial charge in [-0.05, 0) is 78.5 Å². The fourth-order valence-electron chi connectivity index (χ4n) is 5.25. The Kier molecular flexibility index (Phi) is 5.96. The lowest BCUT2D eigenvalue weighted by Gasteiger charge is -2.28. The number of nitrogens with zero attached hydrogens (tertiary/aromatic N) is 5. The molecule has 2 N–H and O–H groups in total. The fourth-order valence-corrected chi connectivity index (χ4v) is 5.25. The minimum atomic E-state index is -0.708. The highest BCUT2D eigenvalue weighted by atomic mass is 19.1. The normalized spacial score (nSPS) is 17.8. The van der Waals surface area contributed by atoms with Gasteiger partial charge in [-0.3, -0.25) is 4.79 Å². The molecule has 0 spiro atoms. The van der Waals surface area contributed by atoms with Gasteiger partial charge in [0.15, 0.2) is 11.5 Å². The summed E-state index contributed by atoms with van der Waals surface area (Å²) in [7, 11) is 0. The summed E-state index contributed by atoms with van der Waals surface area (Å²) in [5.41, 5.74) is 4.54. The van der Waals surface area contributed by atoms with E-state index < -0.39 is 5.97 Å². The highest BCUT2D eigenvalue weighted by molar-refractivity contribution is 5.78. The zero-order chi connectivity index (χ0) is 25.4. The van der Waals surface area contributed by atoms with Crippen LogP contribution < -0.4 is 0 Å². The summed E-state index contributed by atoms with van der Waals surface area (Å²) < 4.78 is 16.7. The average Bonchev–Trinajstić information content (AvgIpc) is 3.59. The third kappa shape index (κ3) is 4.72. The molecular formula is C28H25FN6O2. The second-order valence-corrected chi connectivity index (χ2v) is 9.61. The van der Waals surface area contributed by atoms with E-state index in [1.807, 2.05) is 24.3 Å². The molecular weight excluding hydrogens is 471 g/mol. The van der Waals surface area contributed by atoms with Gasteiger partial charge in [0, 0.05) is 6.42 Å². The molecule has 37 heavy (non-hydrogen) atoms. The van der Waals surface area contributed by atoms with Crippen molar-refractivity contribution < 1.29 is 14.3 Å². The number of aromatic amines is 1. The highest BCUT2D eigenvalue weighted by Gasteiger charge is 2.24. The first-order valence-corrected chi connectivity index (χ1v) is 12.4. The predicted molar refractivity (Wildman–Crippen MR) is 137 cm³/mol. The van der Waals surface area contributed by atoms with Crippen molar-refractivity contribution in [3.8, 4) is 28.3 Å². The third-order valence-electron chi connectivity index (χ3n) is 7.24. The van der Waals surface area contributed by atoms with Gasteiger partial charge in [0.25, 0.3) is 0 Å². The van der Waals surface area contributed by atoms with Crippen molar-refractivity contribution in [3.05, 3.63) is 78.4 Å². The number of aliphatic carboxylic acids is 1. The second kappa shape index (κ2) is 9.57. The van der Waals surface area contributed by atoms with E-state index in [-0.39, 0.29) is 18.2 Å². The number of benzene rings is 2. The Morgan fingerprint density at radius 3 is 2.49 bits per heavy atom. The molecule has 0 bridgehead atoms. The molecule has 0 atom stereocenters. The van der Waals surface area contributed by atoms with E-state index in [4.69, 9.17) is 5.11 Å². The maximum Gasteiger partial charge on any atom is 0.303 e. The minimum Gasteiger partial charge on any atom is -0.481 e. The third-order valence-corrected chi connectivity index (χ3v) is 7.24. The Hall–Kier alpha value is -4.40. The lowest BCUT2D eigenvalue weighted by molar-refractivity contribution is -0.138. The molecule has 8 nitrogen and oxygen atoms in total. The van der Waals surface area contributed by atoms with Gasteiger partial charge in [0.2, 0.25) is 0 Å². The van der Waals surface area contributed by atoms with Gasteiger partial charge in [-0.15, -0.1) is 5.10 Å². The van der Waals surface area contributed by atoms with Gasteiger partial charge >= 0.3 is 5.97 Å². The van der Waals surface area contributed by atoms with Crippen LogP contribution in [0, 0.1) is 11.7 Å². The van der Waals surface area contributed by atoms with Crippen LogP contribution in [0.5, 0.6) is 0 Å². The Bertz CT molecular complexity index is 1550. The molecule has 5 aromatic rings. The van der Waals surface area contributed by atoms with Crippen LogP contribution in [0.15, 0.2) is 67.0 Å². The quantitative estimate of drug-likeness (QED) is 0.309. The van der Waals surface area contributed by atoms with E-state index in [2.05, 4.69) is 37.4 Å². The van der Waals surface area contributed by atoms with Crippen molar-refractivity contribution in [1.29, 1.82) is 0 Å². The maximum absolute atomic E-state index is 15.2. The van der Waals surface area contributed by atoms with E-state index in [1.165, 1.54) is 11.6 Å². The number of rotatable bonds is 6. The fraction of sp³-hybridized carbons (Fsp3) is 0.250. The van der Waals surface area contributed by atoms with Gasteiger partial charge in [0.1, 0.15) is 11.6 Å². The van der Waals surface area contributed by atoms with Crippen LogP contribution in [0.1, 0.15) is 43.6 Å². The molecule has 0 unspecified atom stereocenters. The molecule has 0 amide bonds. The summed E-state index contributed by atoms with van der Waals surface area (Å²) in [6.45, 7) is 0. The summed E-state index contributed by atoms with van der Waals surface area (Å²) in [6, 6.07) is 17.1. The number of carboxylic acid groups (broad SMARTS) is 1. The molecule has 9 heteroatoms. The zero-order valence-corrected chi connectivity index (χ0v) is 20.0. The van der Waals surface area contributed by atoms with Crippen LogP contribution in [0.25, 0.3) is 39.5 Å². The molecule has 0 saturated heterocycles. The van der Waals surface area contributed by atoms with Crippen molar-refractivity contribution in [1.82, 2.24) is 29.9 Å². The SMILES string of the molecule is O=C(O)CC1CCC(c2ccc(-c3ccc(-c4nc5nc(-n6ccnn6)ccc5[nH]4)c(F)c3)cc2)CC1. The second-order valence-electron chi connectivity index (χ2n) is 9.61. The van der Waals surface area contributed by atoms with Gasteiger partial charge in [-0.2, -0.15) is 0 Å². The van der Waals surface area contributed by atoms with Crippen molar-refractivity contribution in [2.24, 2.45) is 5.92 Å². The maximum atomic E-state index is 15.2. The number of pyridine rings is 1. The summed E-state index contributed by atoms with van der Waals surface area (Å²) >= 11 is 0. The standard InChI is InChI=1S/C28H25FN6O2/c29-23-16-21(20-7-5-19(6-8-20)18-3-1-17(2-4-18)15-26(36)37)9-10-22(23)27-31-24-11-12-25(32-28(24)33-27)35-14-13-30-34-35/h5-14,16-18H,1-4,15H2,(H,36,37)(H,31,32,33). The topological polar surface area (TPSA) is 110 Å². The van der Waals surface area contributed by atoms with Crippen LogP contribution in [0.2, 0.25) is 0 Å². The molecule has 0 radical (unpaired) electrons. The van der Waals surface area contributed by atoms with Gasteiger partial charge < -0.3 is 10.1 Å². The monoisotopic (exact) mass is 496 g/mol. The number of hydrogen-bond donors (Lipinski definition) is 2. The molecule has 1 aliphatic rings. The Morgan fingerprint density at radius 2 is 1.78 bits per heavy atom. The number of H-pyrrole nitrogens is 1. The minimum absolute atomic E-state index is 0.266. The van der Waals surface area contributed by atoms with E-state index in [1.54, 1.807) is 29.2 Å². The lowest BCUT2D eigenvalue weighted by atomic mass is 9.77.